The van der Waals surface area contributed by atoms with Crippen molar-refractivity contribution in [2.45, 2.75) is 19.9 Å². The molecule has 0 saturated heterocycles. The van der Waals surface area contributed by atoms with Crippen molar-refractivity contribution in [3.8, 4) is 0 Å². The van der Waals surface area contributed by atoms with Gasteiger partial charge in [0.15, 0.2) is 0 Å². The Kier molecular flexibility index (Phi) is 2.71. The van der Waals surface area contributed by atoms with Gasteiger partial charge >= 0.3 is 0 Å². The Hall–Kier alpha value is -1.00. The highest BCUT2D eigenvalue weighted by Crippen LogP contribution is 2.19. The number of aromatic nitrogens is 1. The van der Waals surface area contributed by atoms with Gasteiger partial charge in [0.25, 0.3) is 0 Å². The van der Waals surface area contributed by atoms with Crippen LogP contribution in [0.1, 0.15) is 22.5 Å². The zero-order chi connectivity index (χ0) is 11.0. The third-order valence-corrected chi connectivity index (χ3v) is 3.04. The molecule has 3 nitrogen and oxygen atoms in total. The zero-order valence-electron chi connectivity index (χ0n) is 9.08. The van der Waals surface area contributed by atoms with E-state index >= 15 is 0 Å². The molecule has 0 saturated carbocycles. The van der Waals surface area contributed by atoms with Gasteiger partial charge in [0.1, 0.15) is 4.99 Å². The van der Waals surface area contributed by atoms with E-state index in [2.05, 4.69) is 23.0 Å². The van der Waals surface area contributed by atoms with Crippen LogP contribution in [0.2, 0.25) is 0 Å². The van der Waals surface area contributed by atoms with E-state index < -0.39 is 0 Å². The fourth-order valence-electron chi connectivity index (χ4n) is 1.97. The molecule has 2 rings (SSSR count). The summed E-state index contributed by atoms with van der Waals surface area (Å²) >= 11 is 5.01. The van der Waals surface area contributed by atoms with Crippen LogP contribution in [0.15, 0.2) is 6.07 Å². The third-order valence-electron chi connectivity index (χ3n) is 2.82. The highest BCUT2D eigenvalue weighted by atomic mass is 32.1. The maximum Gasteiger partial charge on any atom is 0.105 e. The Balaban J connectivity index is 2.47. The number of likely N-dealkylation sites (N-methyl/N-ethyl adjacent to an activating group) is 1. The van der Waals surface area contributed by atoms with Crippen molar-refractivity contribution in [2.24, 2.45) is 5.73 Å². The molecule has 2 N–H and O–H groups in total. The number of thiocarbonyl (C=S) groups is 1. The Labute approximate surface area is 95.3 Å². The smallest absolute Gasteiger partial charge is 0.105 e. The van der Waals surface area contributed by atoms with Crippen LogP contribution < -0.4 is 5.73 Å². The number of nitrogens with zero attached hydrogens (tertiary/aromatic N) is 2. The fourth-order valence-corrected chi connectivity index (χ4v) is 2.17. The van der Waals surface area contributed by atoms with Gasteiger partial charge in [-0.05, 0) is 25.6 Å². The van der Waals surface area contributed by atoms with Gasteiger partial charge < -0.3 is 10.6 Å². The summed E-state index contributed by atoms with van der Waals surface area (Å²) in [5.41, 5.74) is 9.99. The van der Waals surface area contributed by atoms with E-state index in [1.165, 1.54) is 11.3 Å². The Bertz CT molecular complexity index is 415. The predicted octanol–water partition coefficient (Wildman–Crippen LogP) is 1.01. The lowest BCUT2D eigenvalue weighted by Crippen LogP contribution is -2.28. The quantitative estimate of drug-likeness (QED) is 0.719. The van der Waals surface area contributed by atoms with Crippen molar-refractivity contribution in [1.29, 1.82) is 0 Å². The Morgan fingerprint density at radius 1 is 1.60 bits per heavy atom. The summed E-state index contributed by atoms with van der Waals surface area (Å²) in [4.78, 5) is 7.30. The largest absolute Gasteiger partial charge is 0.389 e. The molecule has 1 aliphatic heterocycles. The molecule has 1 aromatic rings. The van der Waals surface area contributed by atoms with Crippen molar-refractivity contribution in [3.05, 3.63) is 28.6 Å². The summed E-state index contributed by atoms with van der Waals surface area (Å²) in [5, 5.41) is 0. The second-order valence-corrected chi connectivity index (χ2v) is 4.52. The molecule has 0 atom stereocenters. The van der Waals surface area contributed by atoms with Gasteiger partial charge in [-0.25, -0.2) is 0 Å². The van der Waals surface area contributed by atoms with E-state index in [9.17, 15) is 0 Å². The van der Waals surface area contributed by atoms with Gasteiger partial charge in [-0.15, -0.1) is 0 Å². The van der Waals surface area contributed by atoms with Gasteiger partial charge in [-0.3, -0.25) is 4.98 Å². The molecule has 0 bridgehead atoms. The van der Waals surface area contributed by atoms with Crippen molar-refractivity contribution < 1.29 is 0 Å². The average molecular weight is 221 g/mol. The molecule has 0 radical (unpaired) electrons. The van der Waals surface area contributed by atoms with Crippen LogP contribution in [0, 0.1) is 6.92 Å². The third kappa shape index (κ3) is 2.01. The highest BCUT2D eigenvalue weighted by Gasteiger charge is 2.16. The number of aryl methyl sites for hydroxylation is 1. The summed E-state index contributed by atoms with van der Waals surface area (Å²) < 4.78 is 0. The standard InChI is InChI=1S/C11H15N3S/c1-7-9(11(12)15)5-8-6-14(2)4-3-10(8)13-7/h5H,3-4,6H2,1-2H3,(H2,12,15). The molecule has 0 fully saturated rings. The maximum absolute atomic E-state index is 5.66. The van der Waals surface area contributed by atoms with E-state index in [-0.39, 0.29) is 0 Å². The van der Waals surface area contributed by atoms with Gasteiger partial charge in [0, 0.05) is 36.5 Å². The minimum atomic E-state index is 0.441. The first-order valence-electron chi connectivity index (χ1n) is 5.05. The van der Waals surface area contributed by atoms with E-state index in [1.807, 2.05) is 6.92 Å². The van der Waals surface area contributed by atoms with Crippen LogP contribution in [0.3, 0.4) is 0 Å². The Morgan fingerprint density at radius 3 is 3.00 bits per heavy atom. The molecule has 80 valence electrons. The Morgan fingerprint density at radius 2 is 2.33 bits per heavy atom. The first-order valence-corrected chi connectivity index (χ1v) is 5.46. The molecule has 4 heteroatoms. The van der Waals surface area contributed by atoms with Crippen LogP contribution in [-0.2, 0) is 13.0 Å². The number of hydrogen-bond acceptors (Lipinski definition) is 3. The molecule has 0 aromatic carbocycles. The lowest BCUT2D eigenvalue weighted by Gasteiger charge is -2.25. The second-order valence-electron chi connectivity index (χ2n) is 4.08. The normalized spacial score (nSPS) is 16.1. The second kappa shape index (κ2) is 3.87. The minimum absolute atomic E-state index is 0.441. The molecule has 0 spiro atoms. The molecule has 15 heavy (non-hydrogen) atoms. The lowest BCUT2D eigenvalue weighted by atomic mass is 10.0. The van der Waals surface area contributed by atoms with Crippen LogP contribution in [0.25, 0.3) is 0 Å². The monoisotopic (exact) mass is 221 g/mol. The van der Waals surface area contributed by atoms with Crippen molar-refractivity contribution in [1.82, 2.24) is 9.88 Å². The topological polar surface area (TPSA) is 42.1 Å². The van der Waals surface area contributed by atoms with Crippen LogP contribution in [0.4, 0.5) is 0 Å². The van der Waals surface area contributed by atoms with Gasteiger partial charge in [-0.1, -0.05) is 12.2 Å². The summed E-state index contributed by atoms with van der Waals surface area (Å²) in [5.74, 6) is 0. The molecule has 1 aliphatic rings. The van der Waals surface area contributed by atoms with Crippen molar-refractivity contribution >= 4 is 17.2 Å². The molecule has 0 unspecified atom stereocenters. The zero-order valence-corrected chi connectivity index (χ0v) is 9.90. The van der Waals surface area contributed by atoms with Crippen LogP contribution in [0.5, 0.6) is 0 Å². The maximum atomic E-state index is 5.66. The molecule has 1 aromatic heterocycles. The summed E-state index contributed by atoms with van der Waals surface area (Å²) in [6.07, 6.45) is 1.02. The molecular formula is C11H15N3S. The average Bonchev–Trinajstić information content (AvgIpc) is 2.17. The number of fused-ring (bicyclic) bond motifs is 1. The number of pyridine rings is 1. The highest BCUT2D eigenvalue weighted by molar-refractivity contribution is 7.80. The van der Waals surface area contributed by atoms with E-state index in [4.69, 9.17) is 18.0 Å². The predicted molar refractivity (Wildman–Crippen MR) is 64.9 cm³/mol. The first kappa shape index (κ1) is 10.5. The van der Waals surface area contributed by atoms with E-state index in [0.29, 0.717) is 4.99 Å². The van der Waals surface area contributed by atoms with Crippen molar-refractivity contribution in [2.75, 3.05) is 13.6 Å². The molecule has 0 amide bonds. The summed E-state index contributed by atoms with van der Waals surface area (Å²) in [6, 6.07) is 2.09. The lowest BCUT2D eigenvalue weighted by molar-refractivity contribution is 0.309. The molecule has 0 aliphatic carbocycles. The molecule has 2 heterocycles. The number of hydrogen-bond donors (Lipinski definition) is 1. The van der Waals surface area contributed by atoms with Gasteiger partial charge in [0.2, 0.25) is 0 Å². The van der Waals surface area contributed by atoms with Gasteiger partial charge in [-0.2, -0.15) is 0 Å². The SMILES string of the molecule is Cc1nc2c(cc1C(N)=S)CN(C)CC2. The number of nitrogens with two attached hydrogens (primary N) is 1. The summed E-state index contributed by atoms with van der Waals surface area (Å²) in [7, 11) is 2.11. The van der Waals surface area contributed by atoms with E-state index in [0.717, 1.165) is 30.8 Å². The van der Waals surface area contributed by atoms with E-state index in [1.54, 1.807) is 0 Å². The van der Waals surface area contributed by atoms with Gasteiger partial charge in [0.05, 0.1) is 0 Å². The summed E-state index contributed by atoms with van der Waals surface area (Å²) in [6.45, 7) is 3.98. The van der Waals surface area contributed by atoms with Crippen LogP contribution in [-0.4, -0.2) is 28.5 Å². The fraction of sp³-hybridized carbons (Fsp3) is 0.455. The first-order chi connectivity index (χ1) is 7.08. The van der Waals surface area contributed by atoms with Crippen molar-refractivity contribution in [3.63, 3.8) is 0 Å². The molecular weight excluding hydrogens is 206 g/mol. The van der Waals surface area contributed by atoms with Crippen LogP contribution >= 0.6 is 12.2 Å². The number of rotatable bonds is 1. The minimum Gasteiger partial charge on any atom is -0.389 e.